The van der Waals surface area contributed by atoms with E-state index in [0.717, 1.165) is 0 Å². The number of hydrogen-bond acceptors (Lipinski definition) is 19. The van der Waals surface area contributed by atoms with E-state index in [1.54, 1.807) is 97.2 Å². The molecule has 3 heterocycles. The quantitative estimate of drug-likeness (QED) is 0.0692. The van der Waals surface area contributed by atoms with Crippen LogP contribution in [0.1, 0.15) is 115 Å². The summed E-state index contributed by atoms with van der Waals surface area (Å²) in [7, 11) is 0. The molecule has 2 saturated heterocycles. The molecule has 0 amide bonds. The lowest BCUT2D eigenvalue weighted by Gasteiger charge is -2.45. The number of anilines is 1. The summed E-state index contributed by atoms with van der Waals surface area (Å²) in [4.78, 5) is 51.6. The van der Waals surface area contributed by atoms with Crippen LogP contribution in [0.3, 0.4) is 0 Å². The van der Waals surface area contributed by atoms with Gasteiger partial charge in [-0.3, -0.25) is 19.2 Å². The minimum Gasteiger partial charge on any atom is -0.481 e. The van der Waals surface area contributed by atoms with Crippen molar-refractivity contribution in [2.24, 2.45) is 23.5 Å². The molecular weight excluding hydrogens is 1010 g/mol. The number of aliphatic hydroxyl groups excluding tert-OH is 8. The topological polar surface area (TPSA) is 360 Å². The Morgan fingerprint density at radius 1 is 0.756 bits per heavy atom. The lowest BCUT2D eigenvalue weighted by Crippen LogP contribution is -2.61. The van der Waals surface area contributed by atoms with Crippen LogP contribution in [0, 0.1) is 17.8 Å². The first-order valence-corrected chi connectivity index (χ1v) is 26.9. The number of benzene rings is 1. The van der Waals surface area contributed by atoms with Crippen molar-refractivity contribution >= 4 is 29.2 Å². The Bertz CT molecular complexity index is 2250. The highest BCUT2D eigenvalue weighted by Gasteiger charge is 2.51. The number of Topliss-reactive ketones (excluding diaryl/α,β-unsaturated/α-hetero) is 2. The number of allylic oxidation sites excluding steroid dienone is 12. The molecule has 0 aliphatic carbocycles. The first kappa shape index (κ1) is 65.5. The molecule has 14 N–H and O–H groups in total. The molecule has 4 rings (SSSR count). The molecule has 0 radical (unpaired) electrons. The average Bonchev–Trinajstić information content (AvgIpc) is 3.41. The molecule has 18 atom stereocenters. The number of ketones is 2. The van der Waals surface area contributed by atoms with Crippen molar-refractivity contribution in [2.45, 2.75) is 196 Å². The molecule has 2 bridgehead atoms. The highest BCUT2D eigenvalue weighted by Crippen LogP contribution is 2.38. The van der Waals surface area contributed by atoms with Crippen molar-refractivity contribution in [3.8, 4) is 0 Å². The molecule has 13 unspecified atom stereocenters. The van der Waals surface area contributed by atoms with Gasteiger partial charge in [-0.2, -0.15) is 0 Å². The minimum atomic E-state index is -2.27. The number of nitrogen functional groups attached to an aromatic ring is 1. The number of rotatable bonds is 10. The monoisotopic (exact) mass is 1100 g/mol. The molecule has 20 heteroatoms. The number of esters is 1. The maximum Gasteiger partial charge on any atom is 0.313 e. The van der Waals surface area contributed by atoms with Gasteiger partial charge in [0, 0.05) is 49.3 Å². The summed E-state index contributed by atoms with van der Waals surface area (Å²) in [5.41, 5.74) is 12.7. The van der Waals surface area contributed by atoms with Gasteiger partial charge < -0.3 is 81.5 Å². The van der Waals surface area contributed by atoms with Gasteiger partial charge in [-0.25, -0.2) is 0 Å². The van der Waals surface area contributed by atoms with Crippen LogP contribution in [0.4, 0.5) is 5.69 Å². The first-order chi connectivity index (χ1) is 36.9. The largest absolute Gasteiger partial charge is 0.481 e. The Morgan fingerprint density at radius 2 is 1.32 bits per heavy atom. The van der Waals surface area contributed by atoms with E-state index in [1.807, 2.05) is 19.9 Å². The van der Waals surface area contributed by atoms with Gasteiger partial charge in [0.05, 0.1) is 67.1 Å². The Labute approximate surface area is 456 Å². The summed E-state index contributed by atoms with van der Waals surface area (Å²) in [6.07, 6.45) is 6.31. The van der Waals surface area contributed by atoms with E-state index in [1.165, 1.54) is 13.0 Å². The molecule has 1 aromatic rings. The molecule has 0 aromatic heterocycles. The molecule has 0 saturated carbocycles. The number of carboxylic acids is 1. The molecule has 20 nitrogen and oxygen atoms in total. The number of carboxylic acid groups (broad SMARTS) is 1. The van der Waals surface area contributed by atoms with Crippen LogP contribution in [0.25, 0.3) is 0 Å². The van der Waals surface area contributed by atoms with Crippen molar-refractivity contribution in [1.29, 1.82) is 0 Å². The van der Waals surface area contributed by atoms with Gasteiger partial charge in [0.15, 0.2) is 17.9 Å². The molecular formula is C58H84N2O18. The highest BCUT2D eigenvalue weighted by atomic mass is 16.7. The number of carbonyl (C=O) groups is 4. The maximum absolute atomic E-state index is 13.3. The van der Waals surface area contributed by atoms with E-state index in [0.29, 0.717) is 17.7 Å². The van der Waals surface area contributed by atoms with E-state index in [4.69, 9.17) is 30.4 Å². The SMILES string of the molecule is CC1\C=C/C=C\C=C/C=C\C=C/C=C\C=C/C(O[C@@H]2O[C@H](C)[C@@H](O)[C@H](N)[C@@H]2O)CC2OC(O)(CC(O)CC(O)CCCC(O)CC(O)CC(=O)CC(=O)OC1C(C)CCC(O)CC(=O)c1ccc(N)cc1)CC(O)C2C(=O)O. The van der Waals surface area contributed by atoms with E-state index in [9.17, 15) is 70.2 Å². The van der Waals surface area contributed by atoms with Crippen LogP contribution in [0.5, 0.6) is 0 Å². The zero-order valence-electron chi connectivity index (χ0n) is 44.8. The standard InChI is InChI=1S/C58H84N2O18/c1-35-17-14-12-10-8-6-4-5-7-9-11-13-15-20-46(76-57-54(71)52(60)53(70)37(3)75-57)32-49-51(56(72)73)48(68)34-58(74,78-49)33-45(66)28-41(62)19-16-18-40(61)27-43(64)29-44(65)31-50(69)77-55(35)36(2)21-26-42(63)30-47(67)38-22-24-39(59)25-23-38/h4-15,17,20,22-25,35-37,40-43,45-46,48-49,51-55,57,61-64,66,68,70-71,74H,16,18-19,21,26-34,59-60H2,1-3H3,(H,72,73)/b5-4-,8-6-,9-7-,12-10-,13-11-,17-14-,20-15-/t35?,36?,37-,40?,41?,42?,43?,45?,46?,48?,49?,51?,52+,53-,54+,55?,57+,58?/m1/s1. The zero-order valence-corrected chi connectivity index (χ0v) is 44.8. The Morgan fingerprint density at radius 3 is 1.91 bits per heavy atom. The van der Waals surface area contributed by atoms with E-state index in [2.05, 4.69) is 0 Å². The van der Waals surface area contributed by atoms with Crippen molar-refractivity contribution in [3.63, 3.8) is 0 Å². The van der Waals surface area contributed by atoms with Gasteiger partial charge in [0.1, 0.15) is 30.3 Å². The summed E-state index contributed by atoms with van der Waals surface area (Å²) in [6.45, 7) is 5.23. The molecule has 3 aliphatic heterocycles. The van der Waals surface area contributed by atoms with Crippen LogP contribution in [0.2, 0.25) is 0 Å². The predicted molar refractivity (Wildman–Crippen MR) is 289 cm³/mol. The second kappa shape index (κ2) is 32.9. The summed E-state index contributed by atoms with van der Waals surface area (Å²) < 4.78 is 23.7. The fraction of sp³-hybridized carbons (Fsp3) is 0.586. The Balaban J connectivity index is 1.52. The average molecular weight is 1100 g/mol. The summed E-state index contributed by atoms with van der Waals surface area (Å²) in [5.74, 6) is -7.63. The number of hydrogen-bond donors (Lipinski definition) is 12. The van der Waals surface area contributed by atoms with Gasteiger partial charge in [-0.15, -0.1) is 0 Å². The predicted octanol–water partition coefficient (Wildman–Crippen LogP) is 3.32. The van der Waals surface area contributed by atoms with Gasteiger partial charge in [-0.1, -0.05) is 98.9 Å². The first-order valence-electron chi connectivity index (χ1n) is 26.9. The van der Waals surface area contributed by atoms with Crippen LogP contribution in [-0.4, -0.2) is 166 Å². The maximum atomic E-state index is 13.3. The summed E-state index contributed by atoms with van der Waals surface area (Å²) >= 11 is 0. The van der Waals surface area contributed by atoms with Gasteiger partial charge >= 0.3 is 11.9 Å². The fourth-order valence-electron chi connectivity index (χ4n) is 9.84. The third-order valence-electron chi connectivity index (χ3n) is 14.1. The lowest BCUT2D eigenvalue weighted by molar-refractivity contribution is -0.308. The smallest absolute Gasteiger partial charge is 0.313 e. The number of aliphatic hydroxyl groups is 9. The lowest BCUT2D eigenvalue weighted by atomic mass is 9.82. The van der Waals surface area contributed by atoms with Crippen molar-refractivity contribution in [2.75, 3.05) is 5.73 Å². The molecule has 434 valence electrons. The van der Waals surface area contributed by atoms with Crippen molar-refractivity contribution in [3.05, 3.63) is 115 Å². The Hall–Kier alpha value is -5.04. The number of ether oxygens (including phenoxy) is 4. The van der Waals surface area contributed by atoms with Gasteiger partial charge in [0.25, 0.3) is 0 Å². The number of cyclic esters (lactones) is 1. The van der Waals surface area contributed by atoms with Crippen molar-refractivity contribution in [1.82, 2.24) is 0 Å². The van der Waals surface area contributed by atoms with E-state index in [-0.39, 0.29) is 69.0 Å². The van der Waals surface area contributed by atoms with Crippen LogP contribution < -0.4 is 11.5 Å². The third-order valence-corrected chi connectivity index (χ3v) is 14.1. The van der Waals surface area contributed by atoms with Crippen LogP contribution in [0.15, 0.2) is 109 Å². The van der Waals surface area contributed by atoms with E-state index < -0.39 is 141 Å². The second-order valence-electron chi connectivity index (χ2n) is 21.0. The van der Waals surface area contributed by atoms with Gasteiger partial charge in [-0.05, 0) is 82.1 Å². The highest BCUT2D eigenvalue weighted by molar-refractivity contribution is 5.96. The molecule has 0 spiro atoms. The minimum absolute atomic E-state index is 0.0720. The Kier molecular flexibility index (Phi) is 27.6. The van der Waals surface area contributed by atoms with E-state index >= 15 is 0 Å². The summed E-state index contributed by atoms with van der Waals surface area (Å²) in [5, 5.41) is 108. The molecule has 3 aliphatic rings. The number of carbonyl (C=O) groups excluding carboxylic acids is 3. The van der Waals surface area contributed by atoms with Crippen LogP contribution >= 0.6 is 0 Å². The van der Waals surface area contributed by atoms with Crippen molar-refractivity contribution < 1.29 is 89.2 Å². The van der Waals surface area contributed by atoms with Crippen LogP contribution in [-0.2, 0) is 33.3 Å². The second-order valence-corrected chi connectivity index (χ2v) is 21.0. The normalized spacial score (nSPS) is 37.8. The number of aliphatic carboxylic acids is 1. The number of nitrogens with two attached hydrogens (primary N) is 2. The van der Waals surface area contributed by atoms with Gasteiger partial charge in [0.2, 0.25) is 0 Å². The fourth-order valence-corrected chi connectivity index (χ4v) is 9.84. The zero-order chi connectivity index (χ0) is 57.5. The molecule has 78 heavy (non-hydrogen) atoms. The molecule has 1 aromatic carbocycles. The summed E-state index contributed by atoms with van der Waals surface area (Å²) in [6, 6.07) is 5.26. The third kappa shape index (κ3) is 22.6. The number of fused-ring (bicyclic) bond motifs is 2. The molecule has 2 fully saturated rings.